The first-order chi connectivity index (χ1) is 37.5. The van der Waals surface area contributed by atoms with E-state index < -0.39 is 83.9 Å². The summed E-state index contributed by atoms with van der Waals surface area (Å²) in [6, 6.07) is 7.27. The number of piperazine rings is 1. The van der Waals surface area contributed by atoms with Crippen molar-refractivity contribution in [2.24, 2.45) is 29.4 Å². The maximum Gasteiger partial charge on any atom is 0.410 e. The Morgan fingerprint density at radius 2 is 1.56 bits per heavy atom. The number of ketones is 2. The van der Waals surface area contributed by atoms with E-state index >= 15 is 0 Å². The van der Waals surface area contributed by atoms with E-state index in [1.54, 1.807) is 31.1 Å². The normalized spacial score (nSPS) is 29.2. The third-order valence-corrected chi connectivity index (χ3v) is 15.5. The van der Waals surface area contributed by atoms with E-state index in [0.29, 0.717) is 90.3 Å². The van der Waals surface area contributed by atoms with Crippen molar-refractivity contribution in [3.05, 3.63) is 99.6 Å². The van der Waals surface area contributed by atoms with Gasteiger partial charge in [-0.1, -0.05) is 32.1 Å². The Labute approximate surface area is 451 Å². The third kappa shape index (κ3) is 11.1. The maximum atomic E-state index is 14.4. The van der Waals surface area contributed by atoms with Gasteiger partial charge in [0.1, 0.15) is 24.1 Å². The lowest BCUT2D eigenvalue weighted by atomic mass is 9.66. The highest BCUT2D eigenvalue weighted by Crippen LogP contribution is 2.57. The minimum atomic E-state index is -1.04. The van der Waals surface area contributed by atoms with Gasteiger partial charge in [-0.05, 0) is 67.2 Å². The van der Waals surface area contributed by atoms with Crippen molar-refractivity contribution in [1.82, 2.24) is 20.4 Å². The van der Waals surface area contributed by atoms with Crippen molar-refractivity contribution < 1.29 is 80.9 Å². The standard InChI is InChI=1S/C56H67N5O17/c1-28-18-34-47(37(62)25-36(48(34)63)59-53(64)29(2)10-9-11-38(68-4)52(77-55(57)66)44-20-30(3)49(76-44)41(19-28)69-5)58-12-13-60-14-16-61(17-15-60)56(67)78-50-33-24-40-39(74-27-75-40)23-32(33)45(46-35(50)26-73-54(46)65)31-21-42(70-6)51(72-8)43(22-31)71-7/h9-11,20-25,28,30,35,38,41,45-46,49-50,52,58H,12-19,26-27H2,1-8H3,(H2,57,66)(H,59,64)/b11-9-,29-10+/t28-,30+,35+,38+,41+,45-,46+,49+,50-,52-/m1/s1. The molecule has 2 saturated heterocycles. The number of nitrogens with one attached hydrogen (secondary N) is 2. The molecule has 4 N–H and O–H groups in total. The number of nitrogens with zero attached hydrogens (tertiary/aromatic N) is 2. The molecule has 2 fully saturated rings. The van der Waals surface area contributed by atoms with Crippen molar-refractivity contribution in [3.8, 4) is 28.7 Å². The van der Waals surface area contributed by atoms with E-state index in [1.165, 1.54) is 34.5 Å². The van der Waals surface area contributed by atoms with Gasteiger partial charge in [0.15, 0.2) is 29.1 Å². The Balaban J connectivity index is 0.885. The summed E-state index contributed by atoms with van der Waals surface area (Å²) in [7, 11) is 7.56. The topological polar surface area (TPSA) is 261 Å². The molecule has 2 aromatic rings. The van der Waals surface area contributed by atoms with Gasteiger partial charge in [0.25, 0.3) is 5.91 Å². The number of carbonyl (C=O) groups excluding carboxylic acids is 6. The Morgan fingerprint density at radius 1 is 0.859 bits per heavy atom. The summed E-state index contributed by atoms with van der Waals surface area (Å²) in [5.74, 6) is -1.76. The van der Waals surface area contributed by atoms with Crippen molar-refractivity contribution in [3.63, 3.8) is 0 Å². The molecular weight excluding hydrogens is 1010 g/mol. The molecule has 0 aromatic heterocycles. The second-order valence-electron chi connectivity index (χ2n) is 20.3. The van der Waals surface area contributed by atoms with Gasteiger partial charge in [0, 0.05) is 94.0 Å². The number of allylic oxidation sites excluding steroid dienone is 4. The zero-order valence-corrected chi connectivity index (χ0v) is 45.0. The molecule has 0 unspecified atom stereocenters. The summed E-state index contributed by atoms with van der Waals surface area (Å²) < 4.78 is 64.3. The van der Waals surface area contributed by atoms with Crippen molar-refractivity contribution in [2.75, 3.05) is 88.2 Å². The third-order valence-electron chi connectivity index (χ3n) is 15.5. The minimum Gasteiger partial charge on any atom is -0.493 e. The minimum absolute atomic E-state index is 0.00794. The number of esters is 1. The SMILES string of the molecule is COc1cc([C@@H]2c3cc4c(cc3[C@@H](OC(=O)N3CCN(CCNC5=C6C[C@@H](C)C[C@H](OC)[C@H]7OC(=C[C@@H]7C)[C@H](OC(N)=O)[C@@H](OC)/C=C\C=C(/C)C(=O)NC(=CC5=O)C6=O)CC3)[C@H]3COC(=O)[C@H]23)OCO4)cc(OC)c1OC. The molecule has 2 aromatic carbocycles. The van der Waals surface area contributed by atoms with Crippen LogP contribution in [0.25, 0.3) is 0 Å². The molecule has 4 bridgehead atoms. The highest BCUT2D eigenvalue weighted by atomic mass is 16.7. The van der Waals surface area contributed by atoms with Crippen LogP contribution in [0, 0.1) is 23.7 Å². The molecule has 9 rings (SSSR count). The summed E-state index contributed by atoms with van der Waals surface area (Å²) in [6.45, 7) is 7.79. The first kappa shape index (κ1) is 55.2. The lowest BCUT2D eigenvalue weighted by Gasteiger charge is -2.40. The number of carbonyl (C=O) groups is 6. The highest BCUT2D eigenvalue weighted by molar-refractivity contribution is 6.23. The van der Waals surface area contributed by atoms with E-state index in [1.807, 2.05) is 44.2 Å². The number of methoxy groups -OCH3 is 5. The van der Waals surface area contributed by atoms with Crippen molar-refractivity contribution in [1.29, 1.82) is 0 Å². The van der Waals surface area contributed by atoms with Crippen LogP contribution >= 0.6 is 0 Å². The van der Waals surface area contributed by atoms with Crippen LogP contribution in [0.3, 0.4) is 0 Å². The molecule has 5 aliphatic heterocycles. The van der Waals surface area contributed by atoms with Crippen LogP contribution in [-0.4, -0.2) is 158 Å². The fraction of sp³-hybridized carbons (Fsp3) is 0.500. The quantitative estimate of drug-likeness (QED) is 0.150. The van der Waals surface area contributed by atoms with Crippen LogP contribution in [-0.2, 0) is 47.6 Å². The van der Waals surface area contributed by atoms with Gasteiger partial charge < -0.3 is 73.4 Å². The second-order valence-corrected chi connectivity index (χ2v) is 20.3. The molecule has 3 amide bonds. The van der Waals surface area contributed by atoms with Gasteiger partial charge in [0.2, 0.25) is 24.1 Å². The highest BCUT2D eigenvalue weighted by Gasteiger charge is 2.54. The van der Waals surface area contributed by atoms with Crippen LogP contribution in [0.5, 0.6) is 28.7 Å². The summed E-state index contributed by atoms with van der Waals surface area (Å²) >= 11 is 0. The number of fused-ring (bicyclic) bond motifs is 7. The molecular formula is C56H67N5O17. The van der Waals surface area contributed by atoms with Crippen LogP contribution in [0.15, 0.2) is 82.9 Å². The number of hydrogen-bond donors (Lipinski definition) is 3. The van der Waals surface area contributed by atoms with E-state index in [-0.39, 0.29) is 60.7 Å². The molecule has 5 heterocycles. The number of rotatable bonds is 12. The number of benzene rings is 2. The van der Waals surface area contributed by atoms with Crippen molar-refractivity contribution in [2.45, 2.75) is 70.1 Å². The lowest BCUT2D eigenvalue weighted by molar-refractivity contribution is -0.141. The molecule has 22 heteroatoms. The van der Waals surface area contributed by atoms with E-state index in [9.17, 15) is 28.8 Å². The van der Waals surface area contributed by atoms with Crippen molar-refractivity contribution >= 4 is 35.6 Å². The lowest BCUT2D eigenvalue weighted by Crippen LogP contribution is -2.51. The molecule has 0 radical (unpaired) electrons. The molecule has 7 aliphatic rings. The predicted molar refractivity (Wildman–Crippen MR) is 276 cm³/mol. The van der Waals surface area contributed by atoms with Gasteiger partial charge in [-0.15, -0.1) is 0 Å². The number of ether oxygens (including phenoxy) is 11. The fourth-order valence-corrected chi connectivity index (χ4v) is 11.5. The van der Waals surface area contributed by atoms with Gasteiger partial charge in [-0.2, -0.15) is 0 Å². The largest absolute Gasteiger partial charge is 0.493 e. The molecule has 10 atom stereocenters. The number of cyclic esters (lactones) is 1. The Kier molecular flexibility index (Phi) is 16.7. The molecule has 418 valence electrons. The maximum absolute atomic E-state index is 14.4. The van der Waals surface area contributed by atoms with E-state index in [4.69, 9.17) is 57.8 Å². The molecule has 0 saturated carbocycles. The van der Waals surface area contributed by atoms with Crippen LogP contribution in [0.1, 0.15) is 62.3 Å². The summed E-state index contributed by atoms with van der Waals surface area (Å²) in [5, 5.41) is 5.90. The summed E-state index contributed by atoms with van der Waals surface area (Å²) in [4.78, 5) is 85.7. The van der Waals surface area contributed by atoms with E-state index in [0.717, 1.165) is 6.08 Å². The van der Waals surface area contributed by atoms with Gasteiger partial charge in [-0.25, -0.2) is 9.59 Å². The van der Waals surface area contributed by atoms with Gasteiger partial charge in [-0.3, -0.25) is 24.1 Å². The van der Waals surface area contributed by atoms with Gasteiger partial charge in [0.05, 0.1) is 51.4 Å². The smallest absolute Gasteiger partial charge is 0.410 e. The summed E-state index contributed by atoms with van der Waals surface area (Å²) in [6.07, 6.45) is 2.82. The first-order valence-electron chi connectivity index (χ1n) is 26.0. The monoisotopic (exact) mass is 1080 g/mol. The number of nitrogens with two attached hydrogens (primary N) is 1. The Morgan fingerprint density at radius 3 is 2.22 bits per heavy atom. The van der Waals surface area contributed by atoms with Crippen LogP contribution < -0.4 is 40.1 Å². The average molecular weight is 1080 g/mol. The molecule has 0 spiro atoms. The molecule has 22 nitrogen and oxygen atoms in total. The zero-order chi connectivity index (χ0) is 55.5. The Bertz CT molecular complexity index is 2840. The number of amides is 3. The number of Topliss-reactive ketones (excluding diaryl/α,β-unsaturated/α-hetero) is 1. The number of primary amides is 1. The fourth-order valence-electron chi connectivity index (χ4n) is 11.5. The molecule has 78 heavy (non-hydrogen) atoms. The number of hydrogen-bond acceptors (Lipinski definition) is 19. The first-order valence-corrected chi connectivity index (χ1v) is 26.0. The Hall–Kier alpha value is -7.56. The zero-order valence-electron chi connectivity index (χ0n) is 45.0. The van der Waals surface area contributed by atoms with Crippen LogP contribution in [0.2, 0.25) is 0 Å². The predicted octanol–water partition coefficient (Wildman–Crippen LogP) is 4.51. The second kappa shape index (κ2) is 23.6. The van der Waals surface area contributed by atoms with E-state index in [2.05, 4.69) is 15.5 Å². The van der Waals surface area contributed by atoms with Gasteiger partial charge >= 0.3 is 18.2 Å². The average Bonchev–Trinajstić information content (AvgIpc) is 4.29. The van der Waals surface area contributed by atoms with Crippen LogP contribution in [0.4, 0.5) is 9.59 Å². The molecule has 2 aliphatic carbocycles. The summed E-state index contributed by atoms with van der Waals surface area (Å²) in [5.41, 5.74) is 7.96.